The second-order valence-corrected chi connectivity index (χ2v) is 3.78. The van der Waals surface area contributed by atoms with Gasteiger partial charge in [0.1, 0.15) is 0 Å². The maximum absolute atomic E-state index is 11.3. The number of esters is 1. The van der Waals surface area contributed by atoms with Crippen molar-refractivity contribution in [2.24, 2.45) is 0 Å². The van der Waals surface area contributed by atoms with Crippen molar-refractivity contribution in [3.63, 3.8) is 0 Å². The van der Waals surface area contributed by atoms with E-state index in [2.05, 4.69) is 14.7 Å². The summed E-state index contributed by atoms with van der Waals surface area (Å²) >= 11 is 1.08. The lowest BCUT2D eigenvalue weighted by molar-refractivity contribution is -0.109. The van der Waals surface area contributed by atoms with Crippen LogP contribution in [0.4, 0.5) is 0 Å². The van der Waals surface area contributed by atoms with Gasteiger partial charge in [-0.3, -0.25) is 9.78 Å². The molecule has 0 radical (unpaired) electrons. The Morgan fingerprint density at radius 2 is 2.07 bits per heavy atom. The molecule has 0 spiro atoms. The van der Waals surface area contributed by atoms with Gasteiger partial charge >= 0.3 is 5.97 Å². The number of nitrogens with zero attached hydrogens (tertiary/aromatic N) is 2. The number of ether oxygens (including phenoxy) is 1. The first-order valence-corrected chi connectivity index (χ1v) is 5.15. The number of hydrogen-bond donors (Lipinski definition) is 0. The highest BCUT2D eigenvalue weighted by atomic mass is 32.2. The molecule has 80 valence electrons. The van der Waals surface area contributed by atoms with Crippen LogP contribution in [-0.2, 0) is 15.3 Å². The minimum absolute atomic E-state index is 0.0310. The summed E-state index contributed by atoms with van der Waals surface area (Å²) in [5.41, 5.74) is 0.623. The predicted molar refractivity (Wildman–Crippen MR) is 55.3 cm³/mol. The predicted octanol–water partition coefficient (Wildman–Crippen LogP) is 1.04. The number of rotatable bonds is 3. The first-order valence-electron chi connectivity index (χ1n) is 4.16. The first-order chi connectivity index (χ1) is 7.15. The van der Waals surface area contributed by atoms with Crippen molar-refractivity contribution in [1.29, 1.82) is 0 Å². The molecule has 0 saturated carbocycles. The van der Waals surface area contributed by atoms with E-state index in [1.807, 2.05) is 0 Å². The standard InChI is InChI=1S/C9H10N2O3S/c1-6(12)15-5-7-8(9(13)14-2)11-4-3-10-7/h3-4H,5H2,1-2H3. The van der Waals surface area contributed by atoms with Crippen LogP contribution in [0.3, 0.4) is 0 Å². The van der Waals surface area contributed by atoms with E-state index in [0.29, 0.717) is 11.4 Å². The van der Waals surface area contributed by atoms with Crippen LogP contribution >= 0.6 is 11.8 Å². The molecule has 1 heterocycles. The summed E-state index contributed by atoms with van der Waals surface area (Å²) in [6.07, 6.45) is 2.89. The third-order valence-electron chi connectivity index (χ3n) is 1.56. The van der Waals surface area contributed by atoms with Crippen molar-refractivity contribution in [3.8, 4) is 0 Å². The van der Waals surface area contributed by atoms with Gasteiger partial charge in [0.2, 0.25) is 0 Å². The zero-order valence-corrected chi connectivity index (χ0v) is 9.21. The van der Waals surface area contributed by atoms with Crippen LogP contribution in [0.1, 0.15) is 23.1 Å². The lowest BCUT2D eigenvalue weighted by atomic mass is 10.3. The second-order valence-electron chi connectivity index (χ2n) is 2.62. The fourth-order valence-corrected chi connectivity index (χ4v) is 1.46. The Morgan fingerprint density at radius 1 is 1.40 bits per heavy atom. The Kier molecular flexibility index (Phi) is 4.23. The molecule has 15 heavy (non-hydrogen) atoms. The minimum atomic E-state index is -0.540. The normalized spacial score (nSPS) is 9.73. The average Bonchev–Trinajstić information content (AvgIpc) is 2.25. The number of carbonyl (C=O) groups is 2. The summed E-state index contributed by atoms with van der Waals surface area (Å²) in [7, 11) is 1.28. The number of carbonyl (C=O) groups excluding carboxylic acids is 2. The van der Waals surface area contributed by atoms with Crippen LogP contribution < -0.4 is 0 Å². The largest absolute Gasteiger partial charge is 0.464 e. The zero-order valence-electron chi connectivity index (χ0n) is 8.39. The Balaban J connectivity index is 2.86. The molecule has 0 aromatic carbocycles. The van der Waals surface area contributed by atoms with Gasteiger partial charge in [-0.05, 0) is 0 Å². The van der Waals surface area contributed by atoms with Crippen molar-refractivity contribution < 1.29 is 14.3 Å². The number of aromatic nitrogens is 2. The van der Waals surface area contributed by atoms with Crippen molar-refractivity contribution in [3.05, 3.63) is 23.8 Å². The minimum Gasteiger partial charge on any atom is -0.464 e. The van der Waals surface area contributed by atoms with Gasteiger partial charge in [0.15, 0.2) is 10.8 Å². The van der Waals surface area contributed by atoms with Gasteiger partial charge < -0.3 is 4.74 Å². The molecule has 0 atom stereocenters. The van der Waals surface area contributed by atoms with E-state index in [-0.39, 0.29) is 10.8 Å². The van der Waals surface area contributed by atoms with Gasteiger partial charge in [-0.1, -0.05) is 11.8 Å². The van der Waals surface area contributed by atoms with Crippen LogP contribution in [0.5, 0.6) is 0 Å². The van der Waals surface area contributed by atoms with E-state index in [1.54, 1.807) is 0 Å². The van der Waals surface area contributed by atoms with Crippen LogP contribution in [-0.4, -0.2) is 28.2 Å². The maximum atomic E-state index is 11.3. The first kappa shape index (κ1) is 11.6. The SMILES string of the molecule is COC(=O)c1nccnc1CSC(C)=O. The smallest absolute Gasteiger partial charge is 0.358 e. The highest BCUT2D eigenvalue weighted by molar-refractivity contribution is 8.12. The fraction of sp³-hybridized carbons (Fsp3) is 0.333. The van der Waals surface area contributed by atoms with Crippen LogP contribution in [0.15, 0.2) is 12.4 Å². The number of hydrogen-bond acceptors (Lipinski definition) is 6. The molecule has 6 heteroatoms. The van der Waals surface area contributed by atoms with Gasteiger partial charge in [0, 0.05) is 25.1 Å². The molecular weight excluding hydrogens is 216 g/mol. The van der Waals surface area contributed by atoms with E-state index >= 15 is 0 Å². The number of thioether (sulfide) groups is 1. The van der Waals surface area contributed by atoms with E-state index in [9.17, 15) is 9.59 Å². The van der Waals surface area contributed by atoms with Crippen molar-refractivity contribution in [2.75, 3.05) is 7.11 Å². The van der Waals surface area contributed by atoms with Gasteiger partial charge in [-0.15, -0.1) is 0 Å². The summed E-state index contributed by atoms with van der Waals surface area (Å²) in [6.45, 7) is 1.46. The van der Waals surface area contributed by atoms with Crippen LogP contribution in [0.2, 0.25) is 0 Å². The third kappa shape index (κ3) is 3.32. The van der Waals surface area contributed by atoms with E-state index in [1.165, 1.54) is 26.4 Å². The quantitative estimate of drug-likeness (QED) is 0.717. The zero-order chi connectivity index (χ0) is 11.3. The average molecular weight is 226 g/mol. The molecule has 1 aromatic heterocycles. The molecule has 0 fully saturated rings. The molecule has 0 aliphatic heterocycles. The molecule has 0 aliphatic carbocycles. The molecule has 0 saturated heterocycles. The summed E-state index contributed by atoms with van der Waals surface area (Å²) in [6, 6.07) is 0. The highest BCUT2D eigenvalue weighted by Gasteiger charge is 2.14. The molecular formula is C9H10N2O3S. The molecule has 0 bridgehead atoms. The van der Waals surface area contributed by atoms with Crippen LogP contribution in [0.25, 0.3) is 0 Å². The van der Waals surface area contributed by atoms with Gasteiger partial charge in [0.05, 0.1) is 12.8 Å². The molecule has 1 aromatic rings. The molecule has 0 aliphatic rings. The topological polar surface area (TPSA) is 69.2 Å². The van der Waals surface area contributed by atoms with Gasteiger partial charge in [-0.2, -0.15) is 0 Å². The Labute approximate surface area is 91.3 Å². The fourth-order valence-electron chi connectivity index (χ4n) is 0.910. The summed E-state index contributed by atoms with van der Waals surface area (Å²) in [5.74, 6) is -0.213. The molecule has 0 amide bonds. The monoisotopic (exact) mass is 226 g/mol. The lowest BCUT2D eigenvalue weighted by Crippen LogP contribution is -2.09. The second kappa shape index (κ2) is 5.45. The van der Waals surface area contributed by atoms with E-state index in [0.717, 1.165) is 11.8 Å². The lowest BCUT2D eigenvalue weighted by Gasteiger charge is -2.03. The Hall–Kier alpha value is -1.43. The Morgan fingerprint density at radius 3 is 2.67 bits per heavy atom. The third-order valence-corrected chi connectivity index (χ3v) is 2.39. The van der Waals surface area contributed by atoms with Crippen molar-refractivity contribution in [1.82, 2.24) is 9.97 Å². The van der Waals surface area contributed by atoms with Gasteiger partial charge in [-0.25, -0.2) is 9.78 Å². The van der Waals surface area contributed by atoms with Crippen molar-refractivity contribution >= 4 is 22.8 Å². The molecule has 0 N–H and O–H groups in total. The van der Waals surface area contributed by atoms with Gasteiger partial charge in [0.25, 0.3) is 0 Å². The van der Waals surface area contributed by atoms with E-state index < -0.39 is 5.97 Å². The summed E-state index contributed by atoms with van der Waals surface area (Å²) in [5, 5.41) is -0.0310. The van der Waals surface area contributed by atoms with Crippen LogP contribution in [0, 0.1) is 0 Å². The summed E-state index contributed by atoms with van der Waals surface area (Å²) < 4.78 is 4.55. The summed E-state index contributed by atoms with van der Waals surface area (Å²) in [4.78, 5) is 29.9. The van der Waals surface area contributed by atoms with Crippen molar-refractivity contribution in [2.45, 2.75) is 12.7 Å². The molecule has 0 unspecified atom stereocenters. The molecule has 5 nitrogen and oxygen atoms in total. The highest BCUT2D eigenvalue weighted by Crippen LogP contribution is 2.13. The molecule has 1 rings (SSSR count). The van der Waals surface area contributed by atoms with E-state index in [4.69, 9.17) is 0 Å². The number of methoxy groups -OCH3 is 1. The Bertz CT molecular complexity index is 381. The maximum Gasteiger partial charge on any atom is 0.358 e.